The van der Waals surface area contributed by atoms with E-state index in [1.807, 2.05) is 20.8 Å². The molecular weight excluding hydrogens is 276 g/mol. The van der Waals surface area contributed by atoms with Crippen LogP contribution in [0.2, 0.25) is 0 Å². The van der Waals surface area contributed by atoms with Crippen molar-refractivity contribution >= 4 is 6.09 Å². The van der Waals surface area contributed by atoms with Crippen molar-refractivity contribution in [1.29, 1.82) is 0 Å². The highest BCUT2D eigenvalue weighted by Gasteiger charge is 2.40. The van der Waals surface area contributed by atoms with E-state index in [1.54, 1.807) is 0 Å². The fraction of sp³-hybridized carbons (Fsp3) is 0.611. The largest absolute Gasteiger partial charge is 0.444 e. The van der Waals surface area contributed by atoms with Crippen molar-refractivity contribution in [2.75, 3.05) is 0 Å². The Labute approximate surface area is 133 Å². The fourth-order valence-corrected chi connectivity index (χ4v) is 2.45. The van der Waals surface area contributed by atoms with E-state index >= 15 is 0 Å². The molecule has 3 unspecified atom stereocenters. The molecule has 4 nitrogen and oxygen atoms in total. The van der Waals surface area contributed by atoms with E-state index in [1.165, 1.54) is 16.7 Å². The summed E-state index contributed by atoms with van der Waals surface area (Å²) in [5, 5.41) is 6.48. The van der Waals surface area contributed by atoms with Gasteiger partial charge in [0.25, 0.3) is 0 Å². The molecule has 2 rings (SSSR count). The first kappa shape index (κ1) is 16.8. The Morgan fingerprint density at radius 1 is 1.23 bits per heavy atom. The lowest BCUT2D eigenvalue weighted by Gasteiger charge is -2.20. The molecule has 1 aliphatic carbocycles. The van der Waals surface area contributed by atoms with Crippen molar-refractivity contribution in [1.82, 2.24) is 10.6 Å². The van der Waals surface area contributed by atoms with Gasteiger partial charge in [0.15, 0.2) is 0 Å². The zero-order valence-electron chi connectivity index (χ0n) is 14.5. The quantitative estimate of drug-likeness (QED) is 0.893. The van der Waals surface area contributed by atoms with Crippen LogP contribution in [0.3, 0.4) is 0 Å². The van der Waals surface area contributed by atoms with Crippen molar-refractivity contribution in [3.05, 3.63) is 34.9 Å². The fourth-order valence-electron chi connectivity index (χ4n) is 2.45. The molecule has 22 heavy (non-hydrogen) atoms. The van der Waals surface area contributed by atoms with E-state index in [2.05, 4.69) is 49.6 Å². The Bertz CT molecular complexity index is 549. The molecule has 4 heteroatoms. The number of carbonyl (C=O) groups is 1. The summed E-state index contributed by atoms with van der Waals surface area (Å²) in [6.45, 7) is 12.0. The van der Waals surface area contributed by atoms with Crippen LogP contribution in [0.1, 0.15) is 56.8 Å². The van der Waals surface area contributed by atoms with Crippen molar-refractivity contribution in [3.8, 4) is 0 Å². The number of rotatable bonds is 4. The number of alkyl carbamates (subject to hydrolysis) is 1. The number of ether oxygens (including phenoxy) is 1. The maximum absolute atomic E-state index is 11.7. The van der Waals surface area contributed by atoms with Gasteiger partial charge in [-0.1, -0.05) is 18.2 Å². The van der Waals surface area contributed by atoms with Crippen LogP contribution < -0.4 is 10.6 Å². The van der Waals surface area contributed by atoms with E-state index in [0.717, 1.165) is 6.42 Å². The van der Waals surface area contributed by atoms with Crippen molar-refractivity contribution in [2.45, 2.75) is 71.7 Å². The smallest absolute Gasteiger partial charge is 0.407 e. The number of nitrogens with one attached hydrogen (secondary N) is 2. The van der Waals surface area contributed by atoms with Crippen LogP contribution in [0.4, 0.5) is 4.79 Å². The second-order valence-corrected chi connectivity index (χ2v) is 7.33. The van der Waals surface area contributed by atoms with Gasteiger partial charge < -0.3 is 15.4 Å². The van der Waals surface area contributed by atoms with Crippen LogP contribution in [0.25, 0.3) is 0 Å². The number of aryl methyl sites for hydroxylation is 2. The lowest BCUT2D eigenvalue weighted by Crippen LogP contribution is -2.37. The number of hydrogen-bond acceptors (Lipinski definition) is 3. The first-order valence-corrected chi connectivity index (χ1v) is 7.98. The highest BCUT2D eigenvalue weighted by molar-refractivity contribution is 5.68. The Morgan fingerprint density at radius 3 is 2.50 bits per heavy atom. The summed E-state index contributed by atoms with van der Waals surface area (Å²) in [7, 11) is 0. The third kappa shape index (κ3) is 4.73. The maximum Gasteiger partial charge on any atom is 0.407 e. The summed E-state index contributed by atoms with van der Waals surface area (Å²) in [6, 6.07) is 7.32. The Kier molecular flexibility index (Phi) is 4.81. The predicted molar refractivity (Wildman–Crippen MR) is 89.0 cm³/mol. The predicted octanol–water partition coefficient (Wildman–Crippen LogP) is 3.62. The SMILES string of the molecule is Cc1ccc(C(C)NC2CC2NC(=O)OC(C)(C)C)cc1C. The van der Waals surface area contributed by atoms with Crippen LogP contribution in [0.5, 0.6) is 0 Å². The van der Waals surface area contributed by atoms with Gasteiger partial charge in [0, 0.05) is 18.1 Å². The minimum absolute atomic E-state index is 0.170. The van der Waals surface area contributed by atoms with E-state index in [-0.39, 0.29) is 18.2 Å². The molecule has 0 heterocycles. The monoisotopic (exact) mass is 304 g/mol. The van der Waals surface area contributed by atoms with Crippen LogP contribution >= 0.6 is 0 Å². The molecule has 1 aromatic carbocycles. The lowest BCUT2D eigenvalue weighted by atomic mass is 10.0. The van der Waals surface area contributed by atoms with Crippen LogP contribution in [-0.4, -0.2) is 23.8 Å². The summed E-state index contributed by atoms with van der Waals surface area (Å²) in [6.07, 6.45) is 0.620. The molecule has 0 bridgehead atoms. The first-order valence-electron chi connectivity index (χ1n) is 7.98. The highest BCUT2D eigenvalue weighted by Crippen LogP contribution is 2.26. The topological polar surface area (TPSA) is 50.4 Å². The van der Waals surface area contributed by atoms with Crippen LogP contribution in [-0.2, 0) is 4.74 Å². The second kappa shape index (κ2) is 6.29. The van der Waals surface area contributed by atoms with Gasteiger partial charge in [-0.3, -0.25) is 0 Å². The van der Waals surface area contributed by atoms with Gasteiger partial charge in [-0.15, -0.1) is 0 Å². The zero-order chi connectivity index (χ0) is 16.5. The summed E-state index contributed by atoms with van der Waals surface area (Å²) >= 11 is 0. The van der Waals surface area contributed by atoms with Gasteiger partial charge in [0.1, 0.15) is 5.60 Å². The molecule has 0 aliphatic heterocycles. The second-order valence-electron chi connectivity index (χ2n) is 7.33. The summed E-state index contributed by atoms with van der Waals surface area (Å²) in [4.78, 5) is 11.7. The molecule has 1 fully saturated rings. The van der Waals surface area contributed by atoms with Gasteiger partial charge in [0.05, 0.1) is 0 Å². The highest BCUT2D eigenvalue weighted by atomic mass is 16.6. The number of carbonyl (C=O) groups excluding carboxylic acids is 1. The van der Waals surface area contributed by atoms with Crippen molar-refractivity contribution in [2.24, 2.45) is 0 Å². The molecule has 0 radical (unpaired) electrons. The molecule has 2 N–H and O–H groups in total. The third-order valence-corrected chi connectivity index (χ3v) is 3.99. The van der Waals surface area contributed by atoms with Gasteiger partial charge in [-0.25, -0.2) is 4.79 Å². The van der Waals surface area contributed by atoms with Gasteiger partial charge >= 0.3 is 6.09 Å². The standard InChI is InChI=1S/C18H28N2O2/c1-11-7-8-14(9-12(11)2)13(3)19-15-10-16(15)20-17(21)22-18(4,5)6/h7-9,13,15-16,19H,10H2,1-6H3,(H,20,21). The molecule has 3 atom stereocenters. The third-order valence-electron chi connectivity index (χ3n) is 3.99. The van der Waals surface area contributed by atoms with Crippen molar-refractivity contribution in [3.63, 3.8) is 0 Å². The van der Waals surface area contributed by atoms with E-state index < -0.39 is 5.60 Å². The normalized spacial score (nSPS) is 22.1. The van der Waals surface area contributed by atoms with Gasteiger partial charge in [-0.2, -0.15) is 0 Å². The molecule has 0 saturated heterocycles. The molecule has 1 amide bonds. The molecule has 1 saturated carbocycles. The number of benzene rings is 1. The van der Waals surface area contributed by atoms with E-state index in [9.17, 15) is 4.79 Å². The molecule has 122 valence electrons. The van der Waals surface area contributed by atoms with Crippen molar-refractivity contribution < 1.29 is 9.53 Å². The van der Waals surface area contributed by atoms with Gasteiger partial charge in [-0.05, 0) is 64.7 Å². The molecule has 0 spiro atoms. The van der Waals surface area contributed by atoms with Gasteiger partial charge in [0.2, 0.25) is 0 Å². The minimum Gasteiger partial charge on any atom is -0.444 e. The zero-order valence-corrected chi connectivity index (χ0v) is 14.5. The molecule has 0 aromatic heterocycles. The van der Waals surface area contributed by atoms with Crippen LogP contribution in [0.15, 0.2) is 18.2 Å². The first-order chi connectivity index (χ1) is 10.2. The lowest BCUT2D eigenvalue weighted by molar-refractivity contribution is 0.0522. The Hall–Kier alpha value is -1.55. The average Bonchev–Trinajstić information content (AvgIpc) is 3.07. The minimum atomic E-state index is -0.450. The summed E-state index contributed by atoms with van der Waals surface area (Å²) in [5.41, 5.74) is 3.46. The molecular formula is C18H28N2O2. The number of amides is 1. The van der Waals surface area contributed by atoms with Crippen LogP contribution in [0, 0.1) is 13.8 Å². The van der Waals surface area contributed by atoms with E-state index in [4.69, 9.17) is 4.74 Å². The summed E-state index contributed by atoms with van der Waals surface area (Å²) < 4.78 is 5.28. The number of hydrogen-bond donors (Lipinski definition) is 2. The van der Waals surface area contributed by atoms with E-state index in [0.29, 0.717) is 6.04 Å². The molecule has 1 aromatic rings. The Balaban J connectivity index is 1.81. The maximum atomic E-state index is 11.7. The Morgan fingerprint density at radius 2 is 1.91 bits per heavy atom. The molecule has 1 aliphatic rings. The average molecular weight is 304 g/mol. The summed E-state index contributed by atoms with van der Waals surface area (Å²) in [5.74, 6) is 0.